The Balaban J connectivity index is 1.81. The van der Waals surface area contributed by atoms with Crippen LogP contribution in [0.3, 0.4) is 0 Å². The number of imidazole rings is 1. The molecule has 1 aromatic carbocycles. The number of aromatic nitrogens is 4. The summed E-state index contributed by atoms with van der Waals surface area (Å²) in [4.78, 5) is 12.9. The molecule has 23 heavy (non-hydrogen) atoms. The third-order valence-electron chi connectivity index (χ3n) is 3.60. The summed E-state index contributed by atoms with van der Waals surface area (Å²) in [6, 6.07) is 9.97. The van der Waals surface area contributed by atoms with Crippen molar-refractivity contribution in [1.82, 2.24) is 19.4 Å². The molecule has 0 spiro atoms. The first-order valence-electron chi connectivity index (χ1n) is 7.02. The fourth-order valence-corrected chi connectivity index (χ4v) is 2.44. The zero-order valence-corrected chi connectivity index (χ0v) is 12.0. The molecule has 0 saturated heterocycles. The average molecular weight is 305 g/mol. The lowest BCUT2D eigenvalue weighted by Gasteiger charge is -2.01. The Hall–Kier alpha value is -3.28. The summed E-state index contributed by atoms with van der Waals surface area (Å²) < 4.78 is 14.9. The van der Waals surface area contributed by atoms with Crippen LogP contribution in [0.25, 0.3) is 28.2 Å². The highest BCUT2D eigenvalue weighted by Gasteiger charge is 2.09. The predicted octanol–water partition coefficient (Wildman–Crippen LogP) is 3.18. The van der Waals surface area contributed by atoms with Crippen LogP contribution in [0.15, 0.2) is 61.2 Å². The summed E-state index contributed by atoms with van der Waals surface area (Å²) in [6.07, 6.45) is 7.10. The second-order valence-corrected chi connectivity index (χ2v) is 5.12. The van der Waals surface area contributed by atoms with Crippen molar-refractivity contribution in [3.63, 3.8) is 0 Å². The molecular weight excluding hydrogens is 293 g/mol. The molecule has 3 heterocycles. The zero-order chi connectivity index (χ0) is 15.8. The molecule has 0 aliphatic carbocycles. The Morgan fingerprint density at radius 2 is 1.78 bits per heavy atom. The van der Waals surface area contributed by atoms with Gasteiger partial charge in [0, 0.05) is 35.9 Å². The van der Waals surface area contributed by atoms with Crippen molar-refractivity contribution < 1.29 is 4.39 Å². The third-order valence-corrected chi connectivity index (χ3v) is 3.60. The molecule has 2 N–H and O–H groups in total. The van der Waals surface area contributed by atoms with Gasteiger partial charge >= 0.3 is 0 Å². The van der Waals surface area contributed by atoms with Gasteiger partial charge in [-0.3, -0.25) is 4.40 Å². The number of anilines is 1. The minimum absolute atomic E-state index is 0.264. The summed E-state index contributed by atoms with van der Waals surface area (Å²) in [5.41, 5.74) is 9.13. The maximum Gasteiger partial charge on any atom is 0.234 e. The van der Waals surface area contributed by atoms with Gasteiger partial charge in [-0.05, 0) is 29.8 Å². The summed E-state index contributed by atoms with van der Waals surface area (Å²) in [7, 11) is 0. The van der Waals surface area contributed by atoms with Gasteiger partial charge in [0.25, 0.3) is 0 Å². The molecule has 0 bridgehead atoms. The predicted molar refractivity (Wildman–Crippen MR) is 86.0 cm³/mol. The van der Waals surface area contributed by atoms with Gasteiger partial charge in [-0.15, -0.1) is 0 Å². The van der Waals surface area contributed by atoms with Gasteiger partial charge in [-0.2, -0.15) is 0 Å². The highest BCUT2D eigenvalue weighted by Crippen LogP contribution is 2.24. The van der Waals surface area contributed by atoms with Crippen LogP contribution in [0.5, 0.6) is 0 Å². The standard InChI is InChI=1S/C17H12FN5/c18-13-5-3-11(4-6-13)12-8-21-17-22-15(10-23(17)9-12)14-2-1-7-20-16(14)19/h1-10H,(H2,19,20). The number of hydrogen-bond acceptors (Lipinski definition) is 4. The van der Waals surface area contributed by atoms with Crippen LogP contribution in [0.2, 0.25) is 0 Å². The molecule has 0 unspecified atom stereocenters. The second-order valence-electron chi connectivity index (χ2n) is 5.12. The lowest BCUT2D eigenvalue weighted by atomic mass is 10.1. The number of hydrogen-bond donors (Lipinski definition) is 1. The van der Waals surface area contributed by atoms with Crippen molar-refractivity contribution in [2.45, 2.75) is 0 Å². The maximum atomic E-state index is 13.0. The molecular formula is C17H12FN5. The Bertz CT molecular complexity index is 991. The second kappa shape index (κ2) is 5.17. The lowest BCUT2D eigenvalue weighted by molar-refractivity contribution is 0.628. The molecule has 0 amide bonds. The van der Waals surface area contributed by atoms with Crippen molar-refractivity contribution in [3.8, 4) is 22.4 Å². The van der Waals surface area contributed by atoms with Gasteiger partial charge in [0.05, 0.1) is 5.69 Å². The van der Waals surface area contributed by atoms with E-state index >= 15 is 0 Å². The fourth-order valence-electron chi connectivity index (χ4n) is 2.44. The first kappa shape index (κ1) is 13.4. The molecule has 4 aromatic rings. The number of fused-ring (bicyclic) bond motifs is 1. The molecule has 112 valence electrons. The number of halogens is 1. The molecule has 0 saturated carbocycles. The molecule has 0 radical (unpaired) electrons. The largest absolute Gasteiger partial charge is 0.383 e. The lowest BCUT2D eigenvalue weighted by Crippen LogP contribution is -1.92. The van der Waals surface area contributed by atoms with E-state index in [2.05, 4.69) is 15.0 Å². The summed E-state index contributed by atoms with van der Waals surface area (Å²) in [5, 5.41) is 0. The van der Waals surface area contributed by atoms with E-state index in [1.54, 1.807) is 24.5 Å². The van der Waals surface area contributed by atoms with E-state index < -0.39 is 0 Å². The first-order valence-corrected chi connectivity index (χ1v) is 7.02. The fraction of sp³-hybridized carbons (Fsp3) is 0. The van der Waals surface area contributed by atoms with E-state index in [-0.39, 0.29) is 5.82 Å². The number of rotatable bonds is 2. The Morgan fingerprint density at radius 3 is 2.57 bits per heavy atom. The molecule has 5 nitrogen and oxygen atoms in total. The van der Waals surface area contributed by atoms with Gasteiger partial charge in [-0.1, -0.05) is 12.1 Å². The number of nitrogen functional groups attached to an aromatic ring is 1. The van der Waals surface area contributed by atoms with E-state index in [9.17, 15) is 4.39 Å². The van der Waals surface area contributed by atoms with Gasteiger partial charge < -0.3 is 5.73 Å². The Kier molecular flexibility index (Phi) is 3.01. The first-order chi connectivity index (χ1) is 11.2. The molecule has 0 aliphatic rings. The van der Waals surface area contributed by atoms with Crippen LogP contribution < -0.4 is 5.73 Å². The molecule has 0 atom stereocenters. The van der Waals surface area contributed by atoms with Crippen LogP contribution in [-0.4, -0.2) is 19.4 Å². The van der Waals surface area contributed by atoms with E-state index in [1.165, 1.54) is 12.1 Å². The number of nitrogens with two attached hydrogens (primary N) is 1. The zero-order valence-electron chi connectivity index (χ0n) is 12.0. The van der Waals surface area contributed by atoms with Crippen LogP contribution in [0, 0.1) is 5.82 Å². The molecule has 0 aliphatic heterocycles. The average Bonchev–Trinajstić information content (AvgIpc) is 2.99. The van der Waals surface area contributed by atoms with E-state index in [1.807, 2.05) is 28.9 Å². The van der Waals surface area contributed by atoms with Gasteiger partial charge in [0.1, 0.15) is 11.6 Å². The molecule has 0 fully saturated rings. The minimum atomic E-state index is -0.264. The van der Waals surface area contributed by atoms with E-state index in [0.29, 0.717) is 17.3 Å². The molecule has 4 rings (SSSR count). The number of pyridine rings is 1. The summed E-state index contributed by atoms with van der Waals surface area (Å²) in [5.74, 6) is 0.725. The molecule has 3 aromatic heterocycles. The quantitative estimate of drug-likeness (QED) is 0.617. The molecule has 6 heteroatoms. The normalized spacial score (nSPS) is 11.0. The van der Waals surface area contributed by atoms with Crippen LogP contribution in [0.4, 0.5) is 10.2 Å². The van der Waals surface area contributed by atoms with Crippen LogP contribution in [0.1, 0.15) is 0 Å². The van der Waals surface area contributed by atoms with Crippen molar-refractivity contribution >= 4 is 11.6 Å². The number of nitrogens with zero attached hydrogens (tertiary/aromatic N) is 4. The third kappa shape index (κ3) is 2.40. The van der Waals surface area contributed by atoms with Gasteiger partial charge in [0.2, 0.25) is 5.78 Å². The highest BCUT2D eigenvalue weighted by molar-refractivity contribution is 5.72. The minimum Gasteiger partial charge on any atom is -0.383 e. The SMILES string of the molecule is Nc1ncccc1-c1cn2cc(-c3ccc(F)cc3)cnc2n1. The maximum absolute atomic E-state index is 13.0. The highest BCUT2D eigenvalue weighted by atomic mass is 19.1. The topological polar surface area (TPSA) is 69.1 Å². The number of benzene rings is 1. The van der Waals surface area contributed by atoms with Crippen LogP contribution in [-0.2, 0) is 0 Å². The van der Waals surface area contributed by atoms with Gasteiger partial charge in [0.15, 0.2) is 0 Å². The van der Waals surface area contributed by atoms with Crippen molar-refractivity contribution in [1.29, 1.82) is 0 Å². The summed E-state index contributed by atoms with van der Waals surface area (Å²) in [6.45, 7) is 0. The monoisotopic (exact) mass is 305 g/mol. The smallest absolute Gasteiger partial charge is 0.234 e. The van der Waals surface area contributed by atoms with Crippen molar-refractivity contribution in [2.24, 2.45) is 0 Å². The van der Waals surface area contributed by atoms with E-state index in [4.69, 9.17) is 5.73 Å². The van der Waals surface area contributed by atoms with Crippen molar-refractivity contribution in [3.05, 3.63) is 67.0 Å². The van der Waals surface area contributed by atoms with Gasteiger partial charge in [-0.25, -0.2) is 19.3 Å². The summed E-state index contributed by atoms with van der Waals surface area (Å²) >= 11 is 0. The Labute approximate surface area is 131 Å². The van der Waals surface area contributed by atoms with Crippen LogP contribution >= 0.6 is 0 Å². The van der Waals surface area contributed by atoms with E-state index in [0.717, 1.165) is 16.7 Å². The Morgan fingerprint density at radius 1 is 0.957 bits per heavy atom. The van der Waals surface area contributed by atoms with Crippen molar-refractivity contribution in [2.75, 3.05) is 5.73 Å².